The number of fused-ring (bicyclic) bond motifs is 1. The van der Waals surface area contributed by atoms with Gasteiger partial charge in [0, 0.05) is 47.0 Å². The molecule has 2 fully saturated rings. The highest BCUT2D eigenvalue weighted by Gasteiger charge is 2.56. The number of anilines is 1. The zero-order valence-electron chi connectivity index (χ0n) is 16.3. The number of carbonyl (C=O) groups excluding carboxylic acids is 1. The van der Waals surface area contributed by atoms with Gasteiger partial charge in [-0.1, -0.05) is 0 Å². The Morgan fingerprint density at radius 1 is 1.25 bits per heavy atom. The standard InChI is InChI=1S/C17H25N7O3S/c1-21(2)14(25)10-22(3)28(26,27)24-9-8-23(11-17(24)5-6-17)16-13-4-7-18-15(13)19-12-20-16/h4,7,12H,5-6,8-11H2,1-3H3,(H,18,19,20). The Kier molecular flexibility index (Phi) is 4.55. The molecule has 11 heteroatoms. The summed E-state index contributed by atoms with van der Waals surface area (Å²) in [6, 6.07) is 1.94. The lowest BCUT2D eigenvalue weighted by Crippen LogP contribution is -2.60. The van der Waals surface area contributed by atoms with Crippen molar-refractivity contribution in [3.8, 4) is 0 Å². The smallest absolute Gasteiger partial charge is 0.282 e. The molecule has 1 saturated heterocycles. The minimum atomic E-state index is -3.72. The summed E-state index contributed by atoms with van der Waals surface area (Å²) in [6.07, 6.45) is 4.96. The molecule has 0 radical (unpaired) electrons. The second kappa shape index (κ2) is 6.68. The van der Waals surface area contributed by atoms with Crippen LogP contribution in [0, 0.1) is 0 Å². The number of nitrogens with zero attached hydrogens (tertiary/aromatic N) is 6. The molecule has 1 spiro atoms. The van der Waals surface area contributed by atoms with E-state index in [4.69, 9.17) is 0 Å². The highest BCUT2D eigenvalue weighted by molar-refractivity contribution is 7.86. The molecule has 1 amide bonds. The normalized spacial score (nSPS) is 19.5. The summed E-state index contributed by atoms with van der Waals surface area (Å²) in [5.74, 6) is 0.580. The average Bonchev–Trinajstić information content (AvgIpc) is 3.23. The predicted octanol–water partition coefficient (Wildman–Crippen LogP) is -0.123. The van der Waals surface area contributed by atoms with E-state index in [2.05, 4.69) is 19.9 Å². The number of hydrogen-bond donors (Lipinski definition) is 1. The number of rotatable bonds is 5. The number of aromatic amines is 1. The van der Waals surface area contributed by atoms with E-state index in [1.54, 1.807) is 18.4 Å². The molecule has 0 unspecified atom stereocenters. The maximum Gasteiger partial charge on any atom is 0.282 e. The van der Waals surface area contributed by atoms with Crippen molar-refractivity contribution in [2.24, 2.45) is 0 Å². The lowest BCUT2D eigenvalue weighted by Gasteiger charge is -2.43. The Labute approximate surface area is 164 Å². The Bertz CT molecular complexity index is 999. The summed E-state index contributed by atoms with van der Waals surface area (Å²) in [4.78, 5) is 27.3. The minimum absolute atomic E-state index is 0.165. The van der Waals surface area contributed by atoms with Crippen molar-refractivity contribution in [3.05, 3.63) is 18.6 Å². The van der Waals surface area contributed by atoms with Crippen LogP contribution in [-0.4, -0.2) is 95.6 Å². The van der Waals surface area contributed by atoms with Gasteiger partial charge in [0.2, 0.25) is 5.91 Å². The number of H-pyrrole nitrogens is 1. The summed E-state index contributed by atoms with van der Waals surface area (Å²) in [5.41, 5.74) is 0.340. The maximum atomic E-state index is 13.1. The first-order valence-electron chi connectivity index (χ1n) is 9.22. The average molecular weight is 408 g/mol. The number of aromatic nitrogens is 3. The molecule has 2 aromatic heterocycles. The Morgan fingerprint density at radius 2 is 2.00 bits per heavy atom. The molecule has 1 aliphatic carbocycles. The molecule has 3 heterocycles. The van der Waals surface area contributed by atoms with Gasteiger partial charge in [0.05, 0.1) is 17.5 Å². The van der Waals surface area contributed by atoms with Crippen LogP contribution >= 0.6 is 0 Å². The minimum Gasteiger partial charge on any atom is -0.353 e. The van der Waals surface area contributed by atoms with Crippen LogP contribution < -0.4 is 4.90 Å². The van der Waals surface area contributed by atoms with Crippen molar-refractivity contribution in [1.29, 1.82) is 0 Å². The predicted molar refractivity (Wildman–Crippen MR) is 105 cm³/mol. The third-order valence-electron chi connectivity index (χ3n) is 5.58. The van der Waals surface area contributed by atoms with E-state index >= 15 is 0 Å². The number of hydrogen-bond acceptors (Lipinski definition) is 6. The van der Waals surface area contributed by atoms with Gasteiger partial charge < -0.3 is 14.8 Å². The van der Waals surface area contributed by atoms with Crippen LogP contribution in [0.15, 0.2) is 18.6 Å². The van der Waals surface area contributed by atoms with Crippen LogP contribution in [0.25, 0.3) is 11.0 Å². The zero-order chi connectivity index (χ0) is 20.1. The molecule has 10 nitrogen and oxygen atoms in total. The first-order chi connectivity index (χ1) is 13.2. The van der Waals surface area contributed by atoms with Gasteiger partial charge in [-0.3, -0.25) is 4.79 Å². The van der Waals surface area contributed by atoms with E-state index in [0.29, 0.717) is 19.6 Å². The first kappa shape index (κ1) is 19.1. The lowest BCUT2D eigenvalue weighted by molar-refractivity contribution is -0.128. The fraction of sp³-hybridized carbons (Fsp3) is 0.588. The lowest BCUT2D eigenvalue weighted by atomic mass is 10.2. The van der Waals surface area contributed by atoms with Crippen molar-refractivity contribution in [1.82, 2.24) is 28.5 Å². The highest BCUT2D eigenvalue weighted by atomic mass is 32.2. The summed E-state index contributed by atoms with van der Waals surface area (Å²) in [7, 11) is 0.983. The van der Waals surface area contributed by atoms with E-state index in [1.165, 1.54) is 18.3 Å². The van der Waals surface area contributed by atoms with E-state index in [0.717, 1.165) is 34.0 Å². The van der Waals surface area contributed by atoms with Gasteiger partial charge in [0.15, 0.2) is 0 Å². The molecule has 4 rings (SSSR count). The zero-order valence-corrected chi connectivity index (χ0v) is 17.1. The van der Waals surface area contributed by atoms with Crippen LogP contribution in [-0.2, 0) is 15.0 Å². The molecule has 0 bridgehead atoms. The Morgan fingerprint density at radius 3 is 2.68 bits per heavy atom. The molecule has 0 atom stereocenters. The van der Waals surface area contributed by atoms with Crippen molar-refractivity contribution in [3.63, 3.8) is 0 Å². The number of likely N-dealkylation sites (N-methyl/N-ethyl adjacent to an activating group) is 2. The molecular formula is C17H25N7O3S. The van der Waals surface area contributed by atoms with E-state index in [1.807, 2.05) is 12.3 Å². The fourth-order valence-corrected chi connectivity index (χ4v) is 5.40. The second-order valence-electron chi connectivity index (χ2n) is 7.71. The molecule has 1 saturated carbocycles. The summed E-state index contributed by atoms with van der Waals surface area (Å²) in [6.45, 7) is 1.31. The summed E-state index contributed by atoms with van der Waals surface area (Å²) in [5, 5.41) is 0.934. The summed E-state index contributed by atoms with van der Waals surface area (Å²) < 4.78 is 29.0. The van der Waals surface area contributed by atoms with Crippen LogP contribution in [0.2, 0.25) is 0 Å². The van der Waals surface area contributed by atoms with E-state index in [9.17, 15) is 13.2 Å². The van der Waals surface area contributed by atoms with Gasteiger partial charge in [-0.25, -0.2) is 9.97 Å². The Balaban J connectivity index is 1.55. The topological polar surface area (TPSA) is 106 Å². The Hall–Kier alpha value is -2.24. The second-order valence-corrected chi connectivity index (χ2v) is 9.67. The van der Waals surface area contributed by atoms with E-state index in [-0.39, 0.29) is 12.5 Å². The third-order valence-corrected chi connectivity index (χ3v) is 7.62. The number of carbonyl (C=O) groups is 1. The first-order valence-corrected chi connectivity index (χ1v) is 10.6. The largest absolute Gasteiger partial charge is 0.353 e. The molecule has 2 aromatic rings. The van der Waals surface area contributed by atoms with Crippen LogP contribution in [0.3, 0.4) is 0 Å². The number of piperazine rings is 1. The molecule has 1 N–H and O–H groups in total. The molecule has 0 aromatic carbocycles. The van der Waals surface area contributed by atoms with Crippen LogP contribution in [0.4, 0.5) is 5.82 Å². The molecule has 28 heavy (non-hydrogen) atoms. The van der Waals surface area contributed by atoms with Crippen molar-refractivity contribution in [2.45, 2.75) is 18.4 Å². The van der Waals surface area contributed by atoms with E-state index < -0.39 is 15.7 Å². The number of amides is 1. The SMILES string of the molecule is CN(C)C(=O)CN(C)S(=O)(=O)N1CCN(c2ncnc3[nH]ccc23)CC12CC2. The van der Waals surface area contributed by atoms with Crippen LogP contribution in [0.5, 0.6) is 0 Å². The highest BCUT2D eigenvalue weighted by Crippen LogP contribution is 2.47. The van der Waals surface area contributed by atoms with Crippen molar-refractivity contribution < 1.29 is 13.2 Å². The van der Waals surface area contributed by atoms with Gasteiger partial charge in [0.1, 0.15) is 17.8 Å². The quantitative estimate of drug-likeness (QED) is 0.741. The monoisotopic (exact) mass is 407 g/mol. The van der Waals surface area contributed by atoms with Gasteiger partial charge in [-0.05, 0) is 18.9 Å². The molecule has 152 valence electrons. The molecular weight excluding hydrogens is 382 g/mol. The third kappa shape index (κ3) is 3.12. The van der Waals surface area contributed by atoms with Crippen molar-refractivity contribution in [2.75, 3.05) is 52.2 Å². The van der Waals surface area contributed by atoms with Gasteiger partial charge in [-0.15, -0.1) is 0 Å². The van der Waals surface area contributed by atoms with Crippen molar-refractivity contribution >= 4 is 33.0 Å². The molecule has 1 aliphatic heterocycles. The van der Waals surface area contributed by atoms with Gasteiger partial charge in [-0.2, -0.15) is 17.0 Å². The molecule has 2 aliphatic rings. The van der Waals surface area contributed by atoms with Gasteiger partial charge >= 0.3 is 0 Å². The fourth-order valence-electron chi connectivity index (χ4n) is 3.75. The van der Waals surface area contributed by atoms with Gasteiger partial charge in [0.25, 0.3) is 10.2 Å². The van der Waals surface area contributed by atoms with Crippen LogP contribution in [0.1, 0.15) is 12.8 Å². The number of nitrogens with one attached hydrogen (secondary N) is 1. The maximum absolute atomic E-state index is 13.1. The summed E-state index contributed by atoms with van der Waals surface area (Å²) >= 11 is 0.